The smallest absolute Gasteiger partial charge is 0.194 e. The van der Waals surface area contributed by atoms with Crippen LogP contribution in [-0.4, -0.2) is 17.3 Å². The van der Waals surface area contributed by atoms with E-state index in [4.69, 9.17) is 4.74 Å². The zero-order chi connectivity index (χ0) is 12.6. The van der Waals surface area contributed by atoms with Crippen LogP contribution in [0.5, 0.6) is 0 Å². The summed E-state index contributed by atoms with van der Waals surface area (Å²) in [5, 5.41) is 9.88. The van der Waals surface area contributed by atoms with E-state index in [1.165, 1.54) is 0 Å². The van der Waals surface area contributed by atoms with Gasteiger partial charge in [0, 0.05) is 5.56 Å². The Kier molecular flexibility index (Phi) is 3.40. The van der Waals surface area contributed by atoms with E-state index in [1.54, 1.807) is 0 Å². The number of ether oxygens (including phenoxy) is 1. The lowest BCUT2D eigenvalue weighted by Crippen LogP contribution is -2.20. The van der Waals surface area contributed by atoms with Gasteiger partial charge in [-0.25, -0.2) is 13.2 Å². The van der Waals surface area contributed by atoms with Crippen molar-refractivity contribution in [3.05, 3.63) is 35.1 Å². The molecule has 1 saturated heterocycles. The molecule has 2 rings (SSSR count). The highest BCUT2D eigenvalue weighted by Crippen LogP contribution is 2.32. The normalized spacial score (nSPS) is 26.2. The van der Waals surface area contributed by atoms with E-state index in [0.29, 0.717) is 6.42 Å². The SMILES string of the molecule is CC1CCC(C(O)c2ccc(F)c(F)c2F)O1. The number of hydrogen-bond donors (Lipinski definition) is 1. The van der Waals surface area contributed by atoms with Gasteiger partial charge in [0.05, 0.1) is 12.2 Å². The summed E-state index contributed by atoms with van der Waals surface area (Å²) in [6, 6.07) is 1.85. The van der Waals surface area contributed by atoms with Crippen LogP contribution in [0.3, 0.4) is 0 Å². The molecule has 1 aromatic rings. The minimum atomic E-state index is -1.56. The maximum absolute atomic E-state index is 13.4. The molecule has 0 aromatic heterocycles. The van der Waals surface area contributed by atoms with Crippen LogP contribution in [0.4, 0.5) is 13.2 Å². The molecule has 0 bridgehead atoms. The van der Waals surface area contributed by atoms with E-state index in [0.717, 1.165) is 18.6 Å². The van der Waals surface area contributed by atoms with Crippen molar-refractivity contribution in [2.45, 2.75) is 38.1 Å². The molecule has 1 aromatic carbocycles. The maximum atomic E-state index is 13.4. The van der Waals surface area contributed by atoms with Gasteiger partial charge in [-0.15, -0.1) is 0 Å². The second kappa shape index (κ2) is 4.66. The van der Waals surface area contributed by atoms with Crippen LogP contribution in [-0.2, 0) is 4.74 Å². The van der Waals surface area contributed by atoms with Crippen molar-refractivity contribution < 1.29 is 23.0 Å². The lowest BCUT2D eigenvalue weighted by molar-refractivity contribution is -0.0313. The Bertz CT molecular complexity index is 422. The first-order chi connectivity index (χ1) is 8.00. The first-order valence-electron chi connectivity index (χ1n) is 5.47. The number of rotatable bonds is 2. The topological polar surface area (TPSA) is 29.5 Å². The molecule has 2 nitrogen and oxygen atoms in total. The second-order valence-corrected chi connectivity index (χ2v) is 4.27. The molecule has 3 unspecified atom stereocenters. The van der Waals surface area contributed by atoms with Crippen molar-refractivity contribution >= 4 is 0 Å². The van der Waals surface area contributed by atoms with E-state index in [2.05, 4.69) is 0 Å². The molecule has 1 aliphatic rings. The largest absolute Gasteiger partial charge is 0.386 e. The van der Waals surface area contributed by atoms with Crippen molar-refractivity contribution in [2.75, 3.05) is 0 Å². The number of halogens is 3. The Labute approximate surface area is 97.0 Å². The van der Waals surface area contributed by atoms with E-state index in [9.17, 15) is 18.3 Å². The highest BCUT2D eigenvalue weighted by molar-refractivity contribution is 5.23. The zero-order valence-corrected chi connectivity index (χ0v) is 9.29. The fraction of sp³-hybridized carbons (Fsp3) is 0.500. The first-order valence-corrected chi connectivity index (χ1v) is 5.47. The Balaban J connectivity index is 2.25. The number of aliphatic hydroxyl groups is 1. The van der Waals surface area contributed by atoms with Crippen molar-refractivity contribution in [1.29, 1.82) is 0 Å². The van der Waals surface area contributed by atoms with E-state index in [1.807, 2.05) is 6.92 Å². The molecular weight excluding hydrogens is 233 g/mol. The molecule has 0 saturated carbocycles. The third kappa shape index (κ3) is 2.30. The molecule has 0 radical (unpaired) electrons. The minimum absolute atomic E-state index is 0.0111. The van der Waals surface area contributed by atoms with Gasteiger partial charge in [0.25, 0.3) is 0 Å². The lowest BCUT2D eigenvalue weighted by atomic mass is 10.0. The number of aliphatic hydroxyl groups excluding tert-OH is 1. The zero-order valence-electron chi connectivity index (χ0n) is 9.29. The van der Waals surface area contributed by atoms with Crippen LogP contribution in [0.15, 0.2) is 12.1 Å². The molecule has 0 amide bonds. The van der Waals surface area contributed by atoms with Crippen LogP contribution in [0.2, 0.25) is 0 Å². The summed E-state index contributed by atoms with van der Waals surface area (Å²) in [7, 11) is 0. The van der Waals surface area contributed by atoms with Gasteiger partial charge in [0.15, 0.2) is 17.5 Å². The number of hydrogen-bond acceptors (Lipinski definition) is 2. The van der Waals surface area contributed by atoms with Gasteiger partial charge in [0.2, 0.25) is 0 Å². The predicted octanol–water partition coefficient (Wildman–Crippen LogP) is 2.70. The van der Waals surface area contributed by atoms with Crippen LogP contribution < -0.4 is 0 Å². The van der Waals surface area contributed by atoms with Gasteiger partial charge in [-0.3, -0.25) is 0 Å². The van der Waals surface area contributed by atoms with Gasteiger partial charge in [-0.05, 0) is 25.8 Å². The molecule has 0 spiro atoms. The molecule has 0 aliphatic carbocycles. The van der Waals surface area contributed by atoms with Gasteiger partial charge >= 0.3 is 0 Å². The molecule has 3 atom stereocenters. The average molecular weight is 246 g/mol. The Hall–Kier alpha value is -1.07. The van der Waals surface area contributed by atoms with Gasteiger partial charge in [-0.1, -0.05) is 6.07 Å². The second-order valence-electron chi connectivity index (χ2n) is 4.27. The predicted molar refractivity (Wildman–Crippen MR) is 54.8 cm³/mol. The van der Waals surface area contributed by atoms with Crippen molar-refractivity contribution in [3.8, 4) is 0 Å². The molecule has 94 valence electrons. The summed E-state index contributed by atoms with van der Waals surface area (Å²) >= 11 is 0. The Morgan fingerprint density at radius 2 is 1.94 bits per heavy atom. The average Bonchev–Trinajstić information content (AvgIpc) is 2.72. The molecule has 1 fully saturated rings. The summed E-state index contributed by atoms with van der Waals surface area (Å²) in [6.07, 6.45) is -0.518. The summed E-state index contributed by atoms with van der Waals surface area (Å²) in [6.45, 7) is 1.84. The molecule has 5 heteroatoms. The third-order valence-electron chi connectivity index (χ3n) is 3.00. The molecule has 1 aliphatic heterocycles. The van der Waals surface area contributed by atoms with Crippen LogP contribution >= 0.6 is 0 Å². The summed E-state index contributed by atoms with van der Waals surface area (Å²) in [4.78, 5) is 0. The van der Waals surface area contributed by atoms with E-state index in [-0.39, 0.29) is 11.7 Å². The van der Waals surface area contributed by atoms with Crippen molar-refractivity contribution in [3.63, 3.8) is 0 Å². The lowest BCUT2D eigenvalue weighted by Gasteiger charge is -2.19. The molecule has 17 heavy (non-hydrogen) atoms. The van der Waals surface area contributed by atoms with Crippen LogP contribution in [0.25, 0.3) is 0 Å². The molecule has 1 heterocycles. The Morgan fingerprint density at radius 3 is 2.53 bits per heavy atom. The van der Waals surface area contributed by atoms with Crippen LogP contribution in [0.1, 0.15) is 31.4 Å². The third-order valence-corrected chi connectivity index (χ3v) is 3.00. The number of benzene rings is 1. The van der Waals surface area contributed by atoms with Gasteiger partial charge in [-0.2, -0.15) is 0 Å². The molecule has 1 N–H and O–H groups in total. The Morgan fingerprint density at radius 1 is 1.24 bits per heavy atom. The maximum Gasteiger partial charge on any atom is 0.194 e. The van der Waals surface area contributed by atoms with Crippen molar-refractivity contribution in [2.24, 2.45) is 0 Å². The van der Waals surface area contributed by atoms with E-state index >= 15 is 0 Å². The van der Waals surface area contributed by atoms with E-state index < -0.39 is 29.7 Å². The quantitative estimate of drug-likeness (QED) is 0.813. The van der Waals surface area contributed by atoms with Gasteiger partial charge < -0.3 is 9.84 Å². The highest BCUT2D eigenvalue weighted by atomic mass is 19.2. The summed E-state index contributed by atoms with van der Waals surface area (Å²) in [5.41, 5.74) is -0.261. The standard InChI is InChI=1S/C12H13F3O2/c1-6-2-5-9(17-6)12(16)7-3-4-8(13)11(15)10(7)14/h3-4,6,9,12,16H,2,5H2,1H3. The van der Waals surface area contributed by atoms with Gasteiger partial charge in [0.1, 0.15) is 6.10 Å². The molecular formula is C12H13F3O2. The minimum Gasteiger partial charge on any atom is -0.386 e. The summed E-state index contributed by atoms with van der Waals surface area (Å²) < 4.78 is 44.6. The van der Waals surface area contributed by atoms with Crippen LogP contribution in [0, 0.1) is 17.5 Å². The monoisotopic (exact) mass is 246 g/mol. The highest BCUT2D eigenvalue weighted by Gasteiger charge is 2.32. The first kappa shape index (κ1) is 12.4. The fourth-order valence-electron chi connectivity index (χ4n) is 2.04. The fourth-order valence-corrected chi connectivity index (χ4v) is 2.04. The van der Waals surface area contributed by atoms with Crippen molar-refractivity contribution in [1.82, 2.24) is 0 Å². The summed E-state index contributed by atoms with van der Waals surface area (Å²) in [5.74, 6) is -4.17.